The Morgan fingerprint density at radius 3 is 2.34 bits per heavy atom. The van der Waals surface area contributed by atoms with Gasteiger partial charge in [0.15, 0.2) is 0 Å². The number of carbonyl (C=O) groups excluding carboxylic acids is 1. The van der Waals surface area contributed by atoms with E-state index in [0.717, 1.165) is 12.1 Å². The largest absolute Gasteiger partial charge is 0.573 e. The zero-order chi connectivity index (χ0) is 22.6. The van der Waals surface area contributed by atoms with Gasteiger partial charge in [-0.15, -0.1) is 13.2 Å². The Morgan fingerprint density at radius 1 is 0.969 bits per heavy atom. The van der Waals surface area contributed by atoms with Gasteiger partial charge in [0, 0.05) is 29.7 Å². The number of anilines is 1. The Labute approximate surface area is 179 Å². The number of aromatic nitrogens is 4. The summed E-state index contributed by atoms with van der Waals surface area (Å²) >= 11 is 0. The molecule has 11 heteroatoms. The molecule has 4 aromatic rings. The van der Waals surface area contributed by atoms with Crippen molar-refractivity contribution in [2.24, 2.45) is 0 Å². The van der Waals surface area contributed by atoms with Gasteiger partial charge in [-0.25, -0.2) is 15.0 Å². The average Bonchev–Trinajstić information content (AvgIpc) is 3.30. The minimum Gasteiger partial charge on any atom is -0.439 e. The van der Waals surface area contributed by atoms with E-state index in [0.29, 0.717) is 23.1 Å². The Morgan fingerprint density at radius 2 is 1.69 bits per heavy atom. The smallest absolute Gasteiger partial charge is 0.439 e. The molecule has 0 aliphatic heterocycles. The number of nitrogens with one attached hydrogen (secondary N) is 1. The minimum atomic E-state index is -4.79. The first-order valence-corrected chi connectivity index (χ1v) is 9.11. The molecule has 1 amide bonds. The predicted octanol–water partition coefficient (Wildman–Crippen LogP) is 4.61. The highest BCUT2D eigenvalue weighted by molar-refractivity contribution is 6.04. The normalized spacial score (nSPS) is 11.1. The topological polar surface area (TPSA) is 91.2 Å². The molecule has 0 saturated carbocycles. The van der Waals surface area contributed by atoms with E-state index in [1.807, 2.05) is 0 Å². The van der Waals surface area contributed by atoms with Crippen LogP contribution in [0, 0.1) is 0 Å². The third kappa shape index (κ3) is 5.39. The van der Waals surface area contributed by atoms with Gasteiger partial charge in [-0.05, 0) is 48.5 Å². The molecule has 0 atom stereocenters. The molecule has 162 valence electrons. The number of imidazole rings is 1. The summed E-state index contributed by atoms with van der Waals surface area (Å²) in [5.41, 5.74) is 0.646. The van der Waals surface area contributed by atoms with E-state index in [9.17, 15) is 18.0 Å². The number of rotatable bonds is 6. The number of alkyl halides is 3. The molecular weight excluding hydrogens is 427 g/mol. The van der Waals surface area contributed by atoms with Gasteiger partial charge < -0.3 is 14.8 Å². The SMILES string of the molecule is O=C(Nc1ccc(Oc2cc(-n3ccnc3)ncn2)cc1)c1ccc(OC(F)(F)F)cc1. The number of halogens is 3. The second-order valence-corrected chi connectivity index (χ2v) is 6.34. The van der Waals surface area contributed by atoms with Gasteiger partial charge in [0.05, 0.1) is 0 Å². The van der Waals surface area contributed by atoms with Gasteiger partial charge in [-0.2, -0.15) is 0 Å². The van der Waals surface area contributed by atoms with E-state index in [4.69, 9.17) is 4.74 Å². The first-order chi connectivity index (χ1) is 15.4. The van der Waals surface area contributed by atoms with Crippen LogP contribution in [0.5, 0.6) is 17.4 Å². The second kappa shape index (κ2) is 8.76. The third-order valence-electron chi connectivity index (χ3n) is 4.08. The van der Waals surface area contributed by atoms with E-state index in [1.165, 1.54) is 18.5 Å². The number of amides is 1. The van der Waals surface area contributed by atoms with Crippen LogP contribution >= 0.6 is 0 Å². The molecular formula is C21H14F3N5O3. The number of nitrogens with zero attached hydrogens (tertiary/aromatic N) is 4. The number of carbonyl (C=O) groups is 1. The summed E-state index contributed by atoms with van der Waals surface area (Å²) in [5, 5.41) is 2.65. The van der Waals surface area contributed by atoms with Crippen molar-refractivity contribution in [1.29, 1.82) is 0 Å². The van der Waals surface area contributed by atoms with Crippen LogP contribution in [0.2, 0.25) is 0 Å². The summed E-state index contributed by atoms with van der Waals surface area (Å²) in [7, 11) is 0. The molecule has 2 aromatic heterocycles. The fourth-order valence-corrected chi connectivity index (χ4v) is 2.66. The fourth-order valence-electron chi connectivity index (χ4n) is 2.66. The maximum absolute atomic E-state index is 12.3. The van der Waals surface area contributed by atoms with Gasteiger partial charge in [0.2, 0.25) is 5.88 Å². The first-order valence-electron chi connectivity index (χ1n) is 9.11. The maximum Gasteiger partial charge on any atom is 0.573 e. The molecule has 0 aliphatic rings. The fraction of sp³-hybridized carbons (Fsp3) is 0.0476. The van der Waals surface area contributed by atoms with E-state index in [-0.39, 0.29) is 5.56 Å². The number of benzene rings is 2. The van der Waals surface area contributed by atoms with E-state index in [2.05, 4.69) is 25.0 Å². The molecule has 0 aliphatic carbocycles. The van der Waals surface area contributed by atoms with Crippen molar-refractivity contribution < 1.29 is 27.4 Å². The highest BCUT2D eigenvalue weighted by Crippen LogP contribution is 2.24. The highest BCUT2D eigenvalue weighted by Gasteiger charge is 2.31. The van der Waals surface area contributed by atoms with Crippen molar-refractivity contribution >= 4 is 11.6 Å². The van der Waals surface area contributed by atoms with Crippen LogP contribution in [0.4, 0.5) is 18.9 Å². The summed E-state index contributed by atoms with van der Waals surface area (Å²) in [5.74, 6) is 0.492. The minimum absolute atomic E-state index is 0.174. The summed E-state index contributed by atoms with van der Waals surface area (Å²) in [6, 6.07) is 12.8. The third-order valence-corrected chi connectivity index (χ3v) is 4.08. The number of hydrogen-bond donors (Lipinski definition) is 1. The standard InChI is InChI=1S/C21H14F3N5O3/c22-21(23,24)32-17-5-1-14(2-6-17)20(30)28-15-3-7-16(8-4-15)31-19-11-18(26-12-27-19)29-10-9-25-13-29/h1-13H,(H,28,30). The van der Waals surface area contributed by atoms with Crippen molar-refractivity contribution in [3.05, 3.63) is 85.2 Å². The Hall–Kier alpha value is -4.41. The van der Waals surface area contributed by atoms with Crippen LogP contribution in [0.25, 0.3) is 5.82 Å². The van der Waals surface area contributed by atoms with Crippen LogP contribution < -0.4 is 14.8 Å². The lowest BCUT2D eigenvalue weighted by molar-refractivity contribution is -0.274. The summed E-state index contributed by atoms with van der Waals surface area (Å²) in [6.45, 7) is 0. The molecule has 2 aromatic carbocycles. The van der Waals surface area contributed by atoms with Gasteiger partial charge in [-0.1, -0.05) is 0 Å². The summed E-state index contributed by atoms with van der Waals surface area (Å²) in [4.78, 5) is 24.5. The van der Waals surface area contributed by atoms with Crippen LogP contribution in [0.15, 0.2) is 79.6 Å². The Balaban J connectivity index is 1.38. The van der Waals surface area contributed by atoms with Gasteiger partial charge in [-0.3, -0.25) is 9.36 Å². The van der Waals surface area contributed by atoms with E-state index < -0.39 is 18.0 Å². The zero-order valence-corrected chi connectivity index (χ0v) is 16.2. The molecule has 32 heavy (non-hydrogen) atoms. The van der Waals surface area contributed by atoms with Crippen LogP contribution in [0.1, 0.15) is 10.4 Å². The monoisotopic (exact) mass is 441 g/mol. The predicted molar refractivity (Wildman–Crippen MR) is 107 cm³/mol. The summed E-state index contributed by atoms with van der Waals surface area (Å²) in [6.07, 6.45) is 1.53. The molecule has 0 bridgehead atoms. The van der Waals surface area contributed by atoms with Crippen LogP contribution in [-0.4, -0.2) is 31.8 Å². The van der Waals surface area contributed by atoms with Crippen LogP contribution in [-0.2, 0) is 0 Å². The van der Waals surface area contributed by atoms with Crippen molar-refractivity contribution in [3.8, 4) is 23.2 Å². The number of ether oxygens (including phenoxy) is 2. The van der Waals surface area contributed by atoms with E-state index in [1.54, 1.807) is 53.6 Å². The molecule has 0 unspecified atom stereocenters. The average molecular weight is 441 g/mol. The molecule has 1 N–H and O–H groups in total. The van der Waals surface area contributed by atoms with Crippen molar-refractivity contribution in [2.75, 3.05) is 5.32 Å². The van der Waals surface area contributed by atoms with Crippen molar-refractivity contribution in [2.45, 2.75) is 6.36 Å². The van der Waals surface area contributed by atoms with Gasteiger partial charge >= 0.3 is 6.36 Å². The quantitative estimate of drug-likeness (QED) is 0.470. The first kappa shape index (κ1) is 20.8. The number of hydrogen-bond acceptors (Lipinski definition) is 6. The maximum atomic E-state index is 12.3. The molecule has 0 radical (unpaired) electrons. The highest BCUT2D eigenvalue weighted by atomic mass is 19.4. The molecule has 2 heterocycles. The van der Waals surface area contributed by atoms with Crippen LogP contribution in [0.3, 0.4) is 0 Å². The molecule has 0 spiro atoms. The zero-order valence-electron chi connectivity index (χ0n) is 16.2. The van der Waals surface area contributed by atoms with Crippen molar-refractivity contribution in [3.63, 3.8) is 0 Å². The second-order valence-electron chi connectivity index (χ2n) is 6.34. The van der Waals surface area contributed by atoms with Crippen molar-refractivity contribution in [1.82, 2.24) is 19.5 Å². The molecule has 0 saturated heterocycles. The molecule has 8 nitrogen and oxygen atoms in total. The molecule has 4 rings (SSSR count). The molecule has 0 fully saturated rings. The lowest BCUT2D eigenvalue weighted by Gasteiger charge is -2.10. The van der Waals surface area contributed by atoms with Gasteiger partial charge in [0.1, 0.15) is 30.0 Å². The summed E-state index contributed by atoms with van der Waals surface area (Å²) < 4.78 is 47.9. The Bertz CT molecular complexity index is 1190. The van der Waals surface area contributed by atoms with Gasteiger partial charge in [0.25, 0.3) is 5.91 Å². The lowest BCUT2D eigenvalue weighted by Crippen LogP contribution is -2.17. The Kier molecular flexibility index (Phi) is 5.71. The lowest BCUT2D eigenvalue weighted by atomic mass is 10.2. The van der Waals surface area contributed by atoms with E-state index >= 15 is 0 Å².